The summed E-state index contributed by atoms with van der Waals surface area (Å²) in [6, 6.07) is 6.03. The summed E-state index contributed by atoms with van der Waals surface area (Å²) in [5, 5.41) is 12.7. The quantitative estimate of drug-likeness (QED) is 0.572. The molecule has 4 aromatic rings. The highest BCUT2D eigenvalue weighted by Crippen LogP contribution is 2.26. The van der Waals surface area contributed by atoms with E-state index in [2.05, 4.69) is 40.9 Å². The number of rotatable bonds is 3. The summed E-state index contributed by atoms with van der Waals surface area (Å²) in [5.74, 6) is 2.46. The average molecular weight is 336 g/mol. The summed E-state index contributed by atoms with van der Waals surface area (Å²) in [6.07, 6.45) is 6.00. The highest BCUT2D eigenvalue weighted by molar-refractivity contribution is 5.84. The van der Waals surface area contributed by atoms with Crippen LogP contribution in [0.3, 0.4) is 0 Å². The van der Waals surface area contributed by atoms with Gasteiger partial charge in [-0.3, -0.25) is 0 Å². The molecule has 0 aromatic carbocycles. The van der Waals surface area contributed by atoms with Crippen molar-refractivity contribution in [3.05, 3.63) is 48.4 Å². The Morgan fingerprint density at radius 1 is 1.04 bits per heavy atom. The lowest BCUT2D eigenvalue weighted by molar-refractivity contribution is 0.544. The maximum Gasteiger partial charge on any atom is 0.170 e. The summed E-state index contributed by atoms with van der Waals surface area (Å²) in [4.78, 5) is 9.68. The van der Waals surface area contributed by atoms with E-state index in [1.807, 2.05) is 48.4 Å². The first-order chi connectivity index (χ1) is 11.9. The predicted molar refractivity (Wildman–Crippen MR) is 93.5 cm³/mol. The molecule has 25 heavy (non-hydrogen) atoms. The van der Waals surface area contributed by atoms with Crippen molar-refractivity contribution in [3.63, 3.8) is 0 Å². The molecular formula is C17H20N8. The van der Waals surface area contributed by atoms with E-state index >= 15 is 0 Å². The fourth-order valence-corrected chi connectivity index (χ4v) is 2.72. The van der Waals surface area contributed by atoms with Crippen molar-refractivity contribution in [2.75, 3.05) is 0 Å². The van der Waals surface area contributed by atoms with Gasteiger partial charge in [0.05, 0.1) is 11.9 Å². The molecular weight excluding hydrogens is 316 g/mol. The number of tetrazole rings is 1. The van der Waals surface area contributed by atoms with E-state index in [1.54, 1.807) is 4.68 Å². The molecule has 0 N–H and O–H groups in total. The molecule has 4 heterocycles. The second-order valence-electron chi connectivity index (χ2n) is 7.11. The highest BCUT2D eigenvalue weighted by Gasteiger charge is 2.22. The van der Waals surface area contributed by atoms with E-state index in [0.717, 1.165) is 28.5 Å². The molecule has 0 atom stereocenters. The first-order valence-electron chi connectivity index (χ1n) is 8.15. The van der Waals surface area contributed by atoms with E-state index in [4.69, 9.17) is 9.97 Å². The van der Waals surface area contributed by atoms with Gasteiger partial charge in [-0.05, 0) is 28.6 Å². The van der Waals surface area contributed by atoms with Crippen LogP contribution in [0.4, 0.5) is 0 Å². The Balaban J connectivity index is 1.92. The minimum Gasteiger partial charge on any atom is -0.325 e. The summed E-state index contributed by atoms with van der Waals surface area (Å²) < 4.78 is 5.75. The molecule has 128 valence electrons. The van der Waals surface area contributed by atoms with Gasteiger partial charge in [-0.25, -0.2) is 14.6 Å². The molecule has 0 aliphatic rings. The van der Waals surface area contributed by atoms with Gasteiger partial charge in [0.2, 0.25) is 0 Å². The lowest BCUT2D eigenvalue weighted by Gasteiger charge is -2.18. The van der Waals surface area contributed by atoms with Crippen LogP contribution < -0.4 is 0 Å². The Hall–Kier alpha value is -3.03. The summed E-state index contributed by atoms with van der Waals surface area (Å²) >= 11 is 0. The van der Waals surface area contributed by atoms with Gasteiger partial charge < -0.3 is 9.13 Å². The second kappa shape index (κ2) is 5.51. The average Bonchev–Trinajstić information content (AvgIpc) is 3.29. The summed E-state index contributed by atoms with van der Waals surface area (Å²) in [6.45, 7) is 6.91. The Morgan fingerprint density at radius 2 is 1.80 bits per heavy atom. The zero-order valence-electron chi connectivity index (χ0n) is 14.7. The Kier molecular flexibility index (Phi) is 3.41. The van der Waals surface area contributed by atoms with Crippen molar-refractivity contribution in [2.45, 2.75) is 32.7 Å². The highest BCUT2D eigenvalue weighted by atomic mass is 15.5. The normalized spacial score (nSPS) is 12.2. The van der Waals surface area contributed by atoms with Crippen LogP contribution in [0.1, 0.15) is 32.4 Å². The molecule has 0 bridgehead atoms. The Bertz CT molecular complexity index is 1020. The fourth-order valence-electron chi connectivity index (χ4n) is 2.72. The molecule has 0 amide bonds. The smallest absolute Gasteiger partial charge is 0.170 e. The molecule has 4 aromatic heterocycles. The van der Waals surface area contributed by atoms with Crippen LogP contribution in [0.15, 0.2) is 36.8 Å². The molecule has 0 spiro atoms. The van der Waals surface area contributed by atoms with Crippen LogP contribution in [0.2, 0.25) is 0 Å². The zero-order chi connectivity index (χ0) is 17.6. The number of fused-ring (bicyclic) bond motifs is 1. The van der Waals surface area contributed by atoms with Crippen molar-refractivity contribution < 1.29 is 0 Å². The largest absolute Gasteiger partial charge is 0.325 e. The van der Waals surface area contributed by atoms with E-state index in [0.29, 0.717) is 6.54 Å². The van der Waals surface area contributed by atoms with Gasteiger partial charge in [0.15, 0.2) is 5.82 Å². The molecule has 0 fully saturated rings. The third kappa shape index (κ3) is 2.69. The lowest BCUT2D eigenvalue weighted by atomic mass is 9.95. The number of nitrogens with zero attached hydrogens (tertiary/aromatic N) is 8. The molecule has 0 radical (unpaired) electrons. The van der Waals surface area contributed by atoms with Crippen molar-refractivity contribution in [1.82, 2.24) is 39.3 Å². The predicted octanol–water partition coefficient (Wildman–Crippen LogP) is 2.09. The van der Waals surface area contributed by atoms with E-state index in [1.165, 1.54) is 0 Å². The van der Waals surface area contributed by atoms with Crippen LogP contribution in [0, 0.1) is 0 Å². The third-order valence-electron chi connectivity index (χ3n) is 4.14. The number of hydrogen-bond acceptors (Lipinski definition) is 5. The van der Waals surface area contributed by atoms with Crippen molar-refractivity contribution in [2.24, 2.45) is 7.05 Å². The monoisotopic (exact) mass is 336 g/mol. The van der Waals surface area contributed by atoms with Gasteiger partial charge in [0.25, 0.3) is 0 Å². The Morgan fingerprint density at radius 3 is 2.44 bits per heavy atom. The van der Waals surface area contributed by atoms with Crippen LogP contribution in [0.5, 0.6) is 0 Å². The molecule has 4 rings (SSSR count). The van der Waals surface area contributed by atoms with Gasteiger partial charge >= 0.3 is 0 Å². The molecule has 8 nitrogen and oxygen atoms in total. The number of hydrogen-bond donors (Lipinski definition) is 0. The minimum absolute atomic E-state index is 0.155. The first kappa shape index (κ1) is 15.5. The first-order valence-corrected chi connectivity index (χ1v) is 8.15. The number of aryl methyl sites for hydroxylation is 1. The molecule has 0 saturated heterocycles. The van der Waals surface area contributed by atoms with Crippen molar-refractivity contribution in [3.8, 4) is 5.82 Å². The van der Waals surface area contributed by atoms with Gasteiger partial charge in [0.1, 0.15) is 17.3 Å². The molecule has 0 aliphatic carbocycles. The zero-order valence-corrected chi connectivity index (χ0v) is 14.7. The van der Waals surface area contributed by atoms with Gasteiger partial charge in [0, 0.05) is 31.1 Å². The van der Waals surface area contributed by atoms with Crippen molar-refractivity contribution in [1.29, 1.82) is 0 Å². The lowest BCUT2D eigenvalue weighted by Crippen LogP contribution is -2.18. The van der Waals surface area contributed by atoms with Gasteiger partial charge in [-0.2, -0.15) is 0 Å². The SMILES string of the molecule is Cn1nnnc1Cn1ccc2c(-n3cccc3)nc(C(C)(C)C)nc21. The Labute approximate surface area is 145 Å². The maximum atomic E-state index is 4.85. The summed E-state index contributed by atoms with van der Waals surface area (Å²) in [5.41, 5.74) is 0.726. The van der Waals surface area contributed by atoms with E-state index < -0.39 is 0 Å². The minimum atomic E-state index is -0.155. The maximum absolute atomic E-state index is 4.85. The molecule has 0 saturated carbocycles. The standard InChI is InChI=1S/C17H20N8/c1-17(2,3)16-18-14(24-8-5-6-9-24)12-7-10-25(15(12)19-16)11-13-20-21-22-23(13)4/h5-10H,11H2,1-4H3. The van der Waals surface area contributed by atoms with Crippen LogP contribution in [-0.2, 0) is 19.0 Å². The van der Waals surface area contributed by atoms with Crippen LogP contribution in [0.25, 0.3) is 16.9 Å². The van der Waals surface area contributed by atoms with Gasteiger partial charge in [-0.1, -0.05) is 20.8 Å². The molecule has 0 unspecified atom stereocenters. The fraction of sp³-hybridized carbons (Fsp3) is 0.353. The van der Waals surface area contributed by atoms with E-state index in [-0.39, 0.29) is 5.41 Å². The topological polar surface area (TPSA) is 79.2 Å². The molecule has 0 aliphatic heterocycles. The van der Waals surface area contributed by atoms with Crippen molar-refractivity contribution >= 4 is 11.0 Å². The third-order valence-corrected chi connectivity index (χ3v) is 4.14. The van der Waals surface area contributed by atoms with Crippen LogP contribution in [-0.4, -0.2) is 39.3 Å². The van der Waals surface area contributed by atoms with Gasteiger partial charge in [-0.15, -0.1) is 5.10 Å². The second-order valence-corrected chi connectivity index (χ2v) is 7.11. The number of aromatic nitrogens is 8. The van der Waals surface area contributed by atoms with Crippen LogP contribution >= 0.6 is 0 Å². The van der Waals surface area contributed by atoms with E-state index in [9.17, 15) is 0 Å². The summed E-state index contributed by atoms with van der Waals surface area (Å²) in [7, 11) is 1.84. The molecule has 8 heteroatoms.